The van der Waals surface area contributed by atoms with Gasteiger partial charge in [0.1, 0.15) is 0 Å². The van der Waals surface area contributed by atoms with E-state index >= 15 is 0 Å². The van der Waals surface area contributed by atoms with Crippen molar-refractivity contribution < 1.29 is 18.7 Å². The lowest BCUT2D eigenvalue weighted by Crippen LogP contribution is -2.40. The number of carbonyl (C=O) groups excluding carboxylic acids is 1. The average molecular weight is 563 g/mol. The maximum atomic E-state index is 14.2. The smallest absolute Gasteiger partial charge is 0.254 e. The molecule has 1 aliphatic heterocycles. The van der Waals surface area contributed by atoms with E-state index in [9.17, 15) is 14.0 Å². The summed E-state index contributed by atoms with van der Waals surface area (Å²) in [5, 5.41) is 0. The van der Waals surface area contributed by atoms with Crippen LogP contribution in [0.4, 0.5) is 4.39 Å². The van der Waals surface area contributed by atoms with Gasteiger partial charge in [0.2, 0.25) is 5.95 Å². The molecule has 0 bridgehead atoms. The molecule has 0 unspecified atom stereocenters. The van der Waals surface area contributed by atoms with Crippen molar-refractivity contribution in [3.8, 4) is 22.6 Å². The molecule has 0 saturated heterocycles. The Morgan fingerprint density at radius 1 is 1.07 bits per heavy atom. The molecule has 2 aromatic heterocycles. The second-order valence-corrected chi connectivity index (χ2v) is 11.5. The highest BCUT2D eigenvalue weighted by Crippen LogP contribution is 2.48. The van der Waals surface area contributed by atoms with E-state index in [-0.39, 0.29) is 24.1 Å². The number of benzene rings is 1. The molecule has 1 aliphatic carbocycles. The van der Waals surface area contributed by atoms with Crippen molar-refractivity contribution in [1.29, 1.82) is 0 Å². The molecule has 2 aliphatic rings. The van der Waals surface area contributed by atoms with Crippen molar-refractivity contribution in [2.24, 2.45) is 0 Å². The molecule has 3 aromatic rings. The van der Waals surface area contributed by atoms with Gasteiger partial charge in [-0.3, -0.25) is 9.59 Å². The van der Waals surface area contributed by atoms with E-state index in [1.165, 1.54) is 12.3 Å². The first-order valence-corrected chi connectivity index (χ1v) is 14.3. The van der Waals surface area contributed by atoms with Gasteiger partial charge in [-0.2, -0.15) is 4.39 Å². The second kappa shape index (κ2) is 11.6. The van der Waals surface area contributed by atoms with Gasteiger partial charge in [0.15, 0.2) is 11.5 Å². The third-order valence-electron chi connectivity index (χ3n) is 8.61. The molecule has 3 heterocycles. The van der Waals surface area contributed by atoms with Crippen LogP contribution in [0.25, 0.3) is 11.1 Å². The summed E-state index contributed by atoms with van der Waals surface area (Å²) in [7, 11) is 5.81. The van der Waals surface area contributed by atoms with E-state index in [0.717, 1.165) is 48.1 Å². The maximum absolute atomic E-state index is 14.2. The fraction of sp³-hybridized carbons (Fsp3) is 0.469. The molecule has 1 N–H and O–H groups in total. The summed E-state index contributed by atoms with van der Waals surface area (Å²) in [6.45, 7) is 6.28. The van der Waals surface area contributed by atoms with E-state index in [1.54, 1.807) is 18.1 Å². The van der Waals surface area contributed by atoms with Crippen LogP contribution < -0.4 is 15.0 Å². The Bertz CT molecular complexity index is 1510. The third-order valence-corrected chi connectivity index (χ3v) is 8.61. The Kier molecular flexibility index (Phi) is 8.18. The largest absolute Gasteiger partial charge is 0.492 e. The number of H-pyrrole nitrogens is 1. The summed E-state index contributed by atoms with van der Waals surface area (Å²) >= 11 is 0. The Labute approximate surface area is 240 Å². The fourth-order valence-corrected chi connectivity index (χ4v) is 6.36. The lowest BCUT2D eigenvalue weighted by Gasteiger charge is -2.35. The van der Waals surface area contributed by atoms with Gasteiger partial charge >= 0.3 is 0 Å². The monoisotopic (exact) mass is 562 g/mol. The molecule has 0 radical (unpaired) electrons. The predicted molar refractivity (Wildman–Crippen MR) is 156 cm³/mol. The molecule has 8 nitrogen and oxygen atoms in total. The van der Waals surface area contributed by atoms with Crippen LogP contribution in [0.1, 0.15) is 64.0 Å². The highest BCUT2D eigenvalue weighted by atomic mass is 19.1. The lowest BCUT2D eigenvalue weighted by atomic mass is 9.86. The number of aryl methyl sites for hydroxylation is 2. The number of hydrogen-bond acceptors (Lipinski definition) is 6. The highest BCUT2D eigenvalue weighted by Gasteiger charge is 2.35. The molecule has 0 spiro atoms. The van der Waals surface area contributed by atoms with Crippen LogP contribution in [0.3, 0.4) is 0 Å². The van der Waals surface area contributed by atoms with Crippen LogP contribution in [0.2, 0.25) is 0 Å². The Morgan fingerprint density at radius 2 is 1.80 bits per heavy atom. The summed E-state index contributed by atoms with van der Waals surface area (Å²) in [6.07, 6.45) is 5.84. The average Bonchev–Trinajstić information content (AvgIpc) is 2.93. The van der Waals surface area contributed by atoms with Crippen molar-refractivity contribution in [3.63, 3.8) is 0 Å². The first-order valence-electron chi connectivity index (χ1n) is 14.3. The number of methoxy groups -OCH3 is 1. The number of nitrogens with one attached hydrogen (secondary N) is 1. The van der Waals surface area contributed by atoms with Gasteiger partial charge < -0.3 is 24.3 Å². The molecule has 218 valence electrons. The predicted octanol–water partition coefficient (Wildman–Crippen LogP) is 4.96. The summed E-state index contributed by atoms with van der Waals surface area (Å²) in [4.78, 5) is 37.7. The van der Waals surface area contributed by atoms with Crippen molar-refractivity contribution in [2.75, 3.05) is 27.7 Å². The molecule has 1 saturated carbocycles. The highest BCUT2D eigenvalue weighted by molar-refractivity contribution is 6.02. The Morgan fingerprint density at radius 3 is 2.41 bits per heavy atom. The van der Waals surface area contributed by atoms with Crippen molar-refractivity contribution in [1.82, 2.24) is 19.8 Å². The topological polar surface area (TPSA) is 87.8 Å². The third kappa shape index (κ3) is 5.60. The van der Waals surface area contributed by atoms with Crippen molar-refractivity contribution in [3.05, 3.63) is 74.2 Å². The summed E-state index contributed by atoms with van der Waals surface area (Å²) < 4.78 is 26.5. The first kappa shape index (κ1) is 28.8. The van der Waals surface area contributed by atoms with Gasteiger partial charge in [0.05, 0.1) is 25.3 Å². The number of pyridine rings is 2. The number of nitrogens with zero attached hydrogens (tertiary/aromatic N) is 3. The molecular formula is C32H39FN4O4. The summed E-state index contributed by atoms with van der Waals surface area (Å²) in [5.74, 6) is 0.335. The summed E-state index contributed by atoms with van der Waals surface area (Å²) in [6, 6.07) is 5.42. The van der Waals surface area contributed by atoms with Crippen LogP contribution in [-0.4, -0.2) is 65.6 Å². The zero-order chi connectivity index (χ0) is 29.4. The van der Waals surface area contributed by atoms with Crippen LogP contribution in [0, 0.1) is 26.7 Å². The van der Waals surface area contributed by atoms with E-state index < -0.39 is 5.95 Å². The van der Waals surface area contributed by atoms with Gasteiger partial charge in [-0.15, -0.1) is 0 Å². The number of aromatic nitrogens is 2. The lowest BCUT2D eigenvalue weighted by molar-refractivity contribution is 0.0722. The van der Waals surface area contributed by atoms with E-state index in [2.05, 4.69) is 29.0 Å². The number of amides is 1. The van der Waals surface area contributed by atoms with Crippen molar-refractivity contribution >= 4 is 5.91 Å². The molecule has 0 atom stereocenters. The fourth-order valence-electron chi connectivity index (χ4n) is 6.36. The minimum absolute atomic E-state index is 0.0143. The van der Waals surface area contributed by atoms with E-state index in [1.807, 2.05) is 26.8 Å². The van der Waals surface area contributed by atoms with Gasteiger partial charge in [-0.05, 0) is 96.3 Å². The first-order chi connectivity index (χ1) is 19.6. The van der Waals surface area contributed by atoms with Gasteiger partial charge in [-0.25, -0.2) is 4.98 Å². The summed E-state index contributed by atoms with van der Waals surface area (Å²) in [5.41, 5.74) is 5.50. The molecule has 41 heavy (non-hydrogen) atoms. The van der Waals surface area contributed by atoms with Crippen LogP contribution in [0.5, 0.6) is 11.5 Å². The minimum atomic E-state index is -0.580. The zero-order valence-corrected chi connectivity index (χ0v) is 24.8. The normalized spacial score (nSPS) is 18.9. The maximum Gasteiger partial charge on any atom is 0.254 e. The Hall–Kier alpha value is -3.72. The zero-order valence-electron chi connectivity index (χ0n) is 24.8. The van der Waals surface area contributed by atoms with Gasteiger partial charge in [0, 0.05) is 46.7 Å². The quantitative estimate of drug-likeness (QED) is 0.410. The molecule has 5 rings (SSSR count). The number of fused-ring (bicyclic) bond motifs is 1. The number of rotatable bonds is 7. The molecule has 9 heteroatoms. The molecule has 1 fully saturated rings. The minimum Gasteiger partial charge on any atom is -0.492 e. The van der Waals surface area contributed by atoms with Gasteiger partial charge in [-0.1, -0.05) is 0 Å². The van der Waals surface area contributed by atoms with E-state index in [0.29, 0.717) is 52.8 Å². The number of ether oxygens (including phenoxy) is 2. The molecular weight excluding hydrogens is 523 g/mol. The number of carbonyl (C=O) groups is 1. The van der Waals surface area contributed by atoms with Crippen molar-refractivity contribution in [2.45, 2.75) is 71.6 Å². The number of hydrogen-bond donors (Lipinski definition) is 1. The SMILES string of the molecule is COc1c(OC2CCC(N(C)C)CC2)c(C)c2c(c1-c1ccc(F)nc1)CCN(Cc1c(C)cc(C)[nH]c1=O)C2=O. The number of halogens is 1. The van der Waals surface area contributed by atoms with E-state index in [4.69, 9.17) is 9.47 Å². The molecule has 1 amide bonds. The molecule has 1 aromatic carbocycles. The van der Waals surface area contributed by atoms with Crippen LogP contribution >= 0.6 is 0 Å². The van der Waals surface area contributed by atoms with Crippen LogP contribution in [0.15, 0.2) is 29.2 Å². The standard InChI is InChI=1S/C32H39FN4O4/c1-18-15-19(2)35-31(38)25(18)17-37-14-13-24-27(32(37)39)20(3)29(41-23-10-8-22(9-11-23)36(4)5)30(40-6)28(24)21-7-12-26(33)34-16-21/h7,12,15-16,22-23H,8-11,13-14,17H2,1-6H3,(H,35,38). The second-order valence-electron chi connectivity index (χ2n) is 11.5. The Balaban J connectivity index is 1.59. The van der Waals surface area contributed by atoms with Gasteiger partial charge in [0.25, 0.3) is 11.5 Å². The van der Waals surface area contributed by atoms with Crippen LogP contribution in [-0.2, 0) is 13.0 Å². The number of aromatic amines is 1.